The summed E-state index contributed by atoms with van der Waals surface area (Å²) in [6.45, 7) is 6.52. The standard InChI is InChI=1S/C23H26N4O4S/c1-23(2,3)14-7-10-16-17(11-14)32-20-19(16)21(29)27(26-25-20)12-18(28)24-15-8-5-13(6-9-15)22(30)31-4/h5-6,8-9,14H,7,10-12H2,1-4H3,(H,24,28)/t14-/m0/s1. The molecule has 0 fully saturated rings. The smallest absolute Gasteiger partial charge is 0.337 e. The van der Waals surface area contributed by atoms with Crippen molar-refractivity contribution < 1.29 is 14.3 Å². The zero-order valence-electron chi connectivity index (χ0n) is 18.6. The van der Waals surface area contributed by atoms with Crippen molar-refractivity contribution in [1.29, 1.82) is 0 Å². The molecule has 0 saturated carbocycles. The summed E-state index contributed by atoms with van der Waals surface area (Å²) in [5.41, 5.74) is 1.89. The highest BCUT2D eigenvalue weighted by atomic mass is 32.1. The van der Waals surface area contributed by atoms with E-state index < -0.39 is 11.9 Å². The van der Waals surface area contributed by atoms with Crippen molar-refractivity contribution in [3.63, 3.8) is 0 Å². The van der Waals surface area contributed by atoms with Gasteiger partial charge in [0.2, 0.25) is 5.91 Å². The Morgan fingerprint density at radius 1 is 1.25 bits per heavy atom. The number of esters is 1. The van der Waals surface area contributed by atoms with Crippen molar-refractivity contribution >= 4 is 39.1 Å². The number of nitrogens with zero attached hydrogens (tertiary/aromatic N) is 3. The Morgan fingerprint density at radius 3 is 2.62 bits per heavy atom. The predicted octanol–water partition coefficient (Wildman–Crippen LogP) is 3.43. The van der Waals surface area contributed by atoms with Crippen molar-refractivity contribution in [3.8, 4) is 0 Å². The molecule has 0 unspecified atom stereocenters. The lowest BCUT2D eigenvalue weighted by Gasteiger charge is -2.33. The Labute approximate surface area is 189 Å². The number of rotatable bonds is 4. The minimum Gasteiger partial charge on any atom is -0.465 e. The fourth-order valence-corrected chi connectivity index (χ4v) is 5.35. The van der Waals surface area contributed by atoms with Crippen LogP contribution in [0.5, 0.6) is 0 Å². The molecule has 4 rings (SSSR count). The lowest BCUT2D eigenvalue weighted by Crippen LogP contribution is -2.31. The number of carbonyl (C=O) groups excluding carboxylic acids is 2. The normalized spacial score (nSPS) is 15.9. The van der Waals surface area contributed by atoms with Gasteiger partial charge in [-0.1, -0.05) is 26.0 Å². The first-order chi connectivity index (χ1) is 15.2. The summed E-state index contributed by atoms with van der Waals surface area (Å²) < 4.78 is 5.78. The number of aromatic nitrogens is 3. The molecule has 1 aromatic carbocycles. The van der Waals surface area contributed by atoms with E-state index in [1.54, 1.807) is 35.6 Å². The zero-order valence-corrected chi connectivity index (χ0v) is 19.4. The van der Waals surface area contributed by atoms with Crippen molar-refractivity contribution in [2.45, 2.75) is 46.6 Å². The van der Waals surface area contributed by atoms with Gasteiger partial charge in [0.15, 0.2) is 4.83 Å². The maximum Gasteiger partial charge on any atom is 0.337 e. The molecule has 8 nitrogen and oxygen atoms in total. The summed E-state index contributed by atoms with van der Waals surface area (Å²) in [4.78, 5) is 39.0. The molecule has 9 heteroatoms. The third-order valence-corrected chi connectivity index (χ3v) is 7.18. The summed E-state index contributed by atoms with van der Waals surface area (Å²) in [5.74, 6) is -0.288. The number of amides is 1. The van der Waals surface area contributed by atoms with Crippen molar-refractivity contribution in [2.75, 3.05) is 12.4 Å². The summed E-state index contributed by atoms with van der Waals surface area (Å²) in [7, 11) is 1.31. The molecule has 2 heterocycles. The maximum atomic E-state index is 13.1. The quantitative estimate of drug-likeness (QED) is 0.606. The molecule has 0 saturated heterocycles. The van der Waals surface area contributed by atoms with E-state index in [0.29, 0.717) is 27.4 Å². The van der Waals surface area contributed by atoms with Crippen LogP contribution in [0.2, 0.25) is 0 Å². The summed E-state index contributed by atoms with van der Waals surface area (Å²) in [6, 6.07) is 6.31. The zero-order chi connectivity index (χ0) is 23.0. The fraction of sp³-hybridized carbons (Fsp3) is 0.435. The van der Waals surface area contributed by atoms with Crippen LogP contribution in [0.3, 0.4) is 0 Å². The van der Waals surface area contributed by atoms with Gasteiger partial charge in [-0.3, -0.25) is 9.59 Å². The molecule has 1 aliphatic carbocycles. The number of thiophene rings is 1. The Balaban J connectivity index is 1.53. The average Bonchev–Trinajstić information content (AvgIpc) is 3.13. The molecule has 0 spiro atoms. The third kappa shape index (κ3) is 4.29. The van der Waals surface area contributed by atoms with Crippen LogP contribution in [0.15, 0.2) is 29.1 Å². The van der Waals surface area contributed by atoms with Crippen LogP contribution in [0, 0.1) is 11.3 Å². The molecule has 0 aliphatic heterocycles. The number of carbonyl (C=O) groups is 2. The van der Waals surface area contributed by atoms with Crippen LogP contribution in [0.4, 0.5) is 5.69 Å². The molecule has 168 valence electrons. The number of hydrogen-bond acceptors (Lipinski definition) is 7. The third-order valence-electron chi connectivity index (χ3n) is 6.05. The van der Waals surface area contributed by atoms with Gasteiger partial charge < -0.3 is 10.1 Å². The number of ether oxygens (including phenoxy) is 1. The van der Waals surface area contributed by atoms with E-state index in [1.165, 1.54) is 12.0 Å². The van der Waals surface area contributed by atoms with Gasteiger partial charge in [-0.25, -0.2) is 9.48 Å². The van der Waals surface area contributed by atoms with E-state index in [2.05, 4.69) is 41.1 Å². The molecular formula is C23H26N4O4S. The summed E-state index contributed by atoms with van der Waals surface area (Å²) >= 11 is 1.54. The predicted molar refractivity (Wildman–Crippen MR) is 123 cm³/mol. The number of hydrogen-bond donors (Lipinski definition) is 1. The van der Waals surface area contributed by atoms with Gasteiger partial charge in [0.05, 0.1) is 18.1 Å². The number of aryl methyl sites for hydroxylation is 1. The summed E-state index contributed by atoms with van der Waals surface area (Å²) in [5, 5.41) is 11.5. The molecule has 3 aromatic rings. The maximum absolute atomic E-state index is 13.1. The average molecular weight is 455 g/mol. The van der Waals surface area contributed by atoms with Crippen LogP contribution in [0.25, 0.3) is 10.2 Å². The van der Waals surface area contributed by atoms with Gasteiger partial charge in [-0.2, -0.15) is 0 Å². The van der Waals surface area contributed by atoms with Gasteiger partial charge >= 0.3 is 5.97 Å². The van der Waals surface area contributed by atoms with Gasteiger partial charge in [-0.05, 0) is 60.4 Å². The topological polar surface area (TPSA) is 103 Å². The molecule has 1 aliphatic rings. The van der Waals surface area contributed by atoms with Crippen molar-refractivity contribution in [1.82, 2.24) is 15.0 Å². The molecule has 1 amide bonds. The molecule has 2 aromatic heterocycles. The first-order valence-corrected chi connectivity index (χ1v) is 11.4. The highest BCUT2D eigenvalue weighted by Crippen LogP contribution is 2.41. The molecule has 0 bridgehead atoms. The second kappa shape index (κ2) is 8.46. The Hall–Kier alpha value is -3.07. The SMILES string of the molecule is COC(=O)c1ccc(NC(=O)Cn2nnc3sc4c(c3c2=O)CC[C@H](C(C)(C)C)C4)cc1. The van der Waals surface area contributed by atoms with Gasteiger partial charge in [0.25, 0.3) is 5.56 Å². The second-order valence-electron chi connectivity index (χ2n) is 9.16. The monoisotopic (exact) mass is 454 g/mol. The van der Waals surface area contributed by atoms with E-state index in [9.17, 15) is 14.4 Å². The van der Waals surface area contributed by atoms with Crippen LogP contribution in [0.1, 0.15) is 48.0 Å². The Morgan fingerprint density at radius 2 is 1.97 bits per heavy atom. The number of fused-ring (bicyclic) bond motifs is 3. The molecule has 1 N–H and O–H groups in total. The van der Waals surface area contributed by atoms with Crippen LogP contribution in [-0.4, -0.2) is 34.0 Å². The lowest BCUT2D eigenvalue weighted by atomic mass is 9.72. The van der Waals surface area contributed by atoms with Gasteiger partial charge in [0, 0.05) is 10.6 Å². The Kier molecular flexibility index (Phi) is 5.85. The number of benzene rings is 1. The molecule has 0 radical (unpaired) electrons. The van der Waals surface area contributed by atoms with Crippen LogP contribution < -0.4 is 10.9 Å². The van der Waals surface area contributed by atoms with Crippen molar-refractivity contribution in [2.24, 2.45) is 11.3 Å². The second-order valence-corrected chi connectivity index (χ2v) is 10.2. The fourth-order valence-electron chi connectivity index (χ4n) is 4.11. The van der Waals surface area contributed by atoms with E-state index >= 15 is 0 Å². The van der Waals surface area contributed by atoms with Crippen molar-refractivity contribution in [3.05, 3.63) is 50.6 Å². The largest absolute Gasteiger partial charge is 0.465 e. The van der Waals surface area contributed by atoms with Crippen LogP contribution in [-0.2, 0) is 28.9 Å². The minimum absolute atomic E-state index is 0.215. The molecule has 1 atom stereocenters. The van der Waals surface area contributed by atoms with Gasteiger partial charge in [0.1, 0.15) is 6.54 Å². The van der Waals surface area contributed by atoms with Crippen LogP contribution >= 0.6 is 11.3 Å². The van der Waals surface area contributed by atoms with E-state index in [-0.39, 0.29) is 17.5 Å². The lowest BCUT2D eigenvalue weighted by molar-refractivity contribution is -0.117. The molecule has 32 heavy (non-hydrogen) atoms. The number of methoxy groups -OCH3 is 1. The minimum atomic E-state index is -0.453. The first kappa shape index (κ1) is 22.1. The number of nitrogens with one attached hydrogen (secondary N) is 1. The van der Waals surface area contributed by atoms with E-state index in [1.807, 2.05) is 0 Å². The first-order valence-electron chi connectivity index (χ1n) is 10.5. The highest BCUT2D eigenvalue weighted by Gasteiger charge is 2.32. The molecular weight excluding hydrogens is 428 g/mol. The highest BCUT2D eigenvalue weighted by molar-refractivity contribution is 7.18. The van der Waals surface area contributed by atoms with E-state index in [4.69, 9.17) is 0 Å². The summed E-state index contributed by atoms with van der Waals surface area (Å²) in [6.07, 6.45) is 2.82. The van der Waals surface area contributed by atoms with Gasteiger partial charge in [-0.15, -0.1) is 16.4 Å². The number of anilines is 1. The Bertz CT molecular complexity index is 1240. The van der Waals surface area contributed by atoms with E-state index in [0.717, 1.165) is 29.5 Å².